The molecule has 0 aliphatic carbocycles. The lowest BCUT2D eigenvalue weighted by atomic mass is 10.00. The molecule has 1 saturated heterocycles. The van der Waals surface area contributed by atoms with Gasteiger partial charge in [0.05, 0.1) is 0 Å². The van der Waals surface area contributed by atoms with Gasteiger partial charge in [-0.25, -0.2) is 0 Å². The van der Waals surface area contributed by atoms with Crippen molar-refractivity contribution >= 4 is 63.1 Å². The Labute approximate surface area is 324 Å². The van der Waals surface area contributed by atoms with Crippen LogP contribution in [0, 0.1) is 0 Å². The van der Waals surface area contributed by atoms with Crippen LogP contribution in [-0.4, -0.2) is 83.6 Å². The number of H-pyrrole nitrogens is 1. The predicted molar refractivity (Wildman–Crippen MR) is 213 cm³/mol. The zero-order chi connectivity index (χ0) is 40.0. The number of benzene rings is 3. The summed E-state index contributed by atoms with van der Waals surface area (Å²) in [4.78, 5) is 87.8. The molecular formula is C40H50N10O6. The lowest BCUT2D eigenvalue weighted by Crippen LogP contribution is -2.58. The van der Waals surface area contributed by atoms with Gasteiger partial charge in [-0.15, -0.1) is 0 Å². The Balaban J connectivity index is 1.47. The Morgan fingerprint density at radius 1 is 0.714 bits per heavy atom. The Morgan fingerprint density at radius 2 is 1.39 bits per heavy atom. The van der Waals surface area contributed by atoms with Crippen molar-refractivity contribution in [2.24, 2.45) is 22.2 Å². The molecule has 1 aliphatic rings. The largest absolute Gasteiger partial charge is 0.370 e. The number of aromatic amines is 1. The molecule has 0 radical (unpaired) electrons. The van der Waals surface area contributed by atoms with E-state index in [0.717, 1.165) is 32.8 Å². The fraction of sp³-hybridized carbons (Fsp3) is 0.375. The minimum absolute atomic E-state index is 0.0361. The zero-order valence-corrected chi connectivity index (χ0v) is 31.1. The van der Waals surface area contributed by atoms with Gasteiger partial charge >= 0.3 is 0 Å². The summed E-state index contributed by atoms with van der Waals surface area (Å²) >= 11 is 0. The lowest BCUT2D eigenvalue weighted by Gasteiger charge is -2.26. The molecule has 16 nitrogen and oxygen atoms in total. The van der Waals surface area contributed by atoms with E-state index in [4.69, 9.17) is 17.2 Å². The smallest absolute Gasteiger partial charge is 0.243 e. The SMILES string of the molecule is NC(=O)[C@@H]1CCCCNC(=O)CCC(=O)N[C@H](Cc2ccc3ccccc3c2)C(=O)NC(CCCN=C(N)N)C(=O)NC(Cc2c[nH]c3ccccc23)C(=O)N1. The molecule has 296 valence electrons. The highest BCUT2D eigenvalue weighted by molar-refractivity contribution is 5.96. The Morgan fingerprint density at radius 3 is 2.18 bits per heavy atom. The van der Waals surface area contributed by atoms with Crippen LogP contribution in [0.25, 0.3) is 21.7 Å². The molecule has 12 N–H and O–H groups in total. The fourth-order valence-electron chi connectivity index (χ4n) is 6.70. The Kier molecular flexibility index (Phi) is 14.4. The maximum atomic E-state index is 14.2. The van der Waals surface area contributed by atoms with Gasteiger partial charge in [0.15, 0.2) is 5.96 Å². The van der Waals surface area contributed by atoms with Crippen molar-refractivity contribution < 1.29 is 28.8 Å². The average Bonchev–Trinajstić information content (AvgIpc) is 3.58. The van der Waals surface area contributed by atoms with Crippen LogP contribution in [0.3, 0.4) is 0 Å². The quantitative estimate of drug-likeness (QED) is 0.0662. The molecule has 1 fully saturated rings. The molecule has 3 aromatic carbocycles. The van der Waals surface area contributed by atoms with Crippen molar-refractivity contribution in [3.05, 3.63) is 84.1 Å². The van der Waals surface area contributed by atoms with Gasteiger partial charge in [0.2, 0.25) is 35.4 Å². The number of nitrogens with one attached hydrogen (secondary N) is 6. The van der Waals surface area contributed by atoms with E-state index < -0.39 is 53.7 Å². The number of hydrogen-bond donors (Lipinski definition) is 9. The Bertz CT molecular complexity index is 2080. The van der Waals surface area contributed by atoms with Crippen LogP contribution in [0.1, 0.15) is 56.1 Å². The van der Waals surface area contributed by atoms with Gasteiger partial charge in [0, 0.05) is 55.9 Å². The number of aromatic nitrogens is 1. The van der Waals surface area contributed by atoms with E-state index >= 15 is 0 Å². The highest BCUT2D eigenvalue weighted by atomic mass is 16.2. The normalized spacial score (nSPS) is 20.9. The standard InChI is InChI=1S/C40H50N10O6/c41-36(53)30-12-5-6-18-44-34(51)16-17-35(52)47-32(21-24-14-15-25-8-1-2-9-26(25)20-24)38(55)49-31(13-7-19-45-40(42)43)37(54)50-33(39(56)48-30)22-27-23-46-29-11-4-3-10-28(27)29/h1-4,8-11,14-15,20,23,30-33,46H,5-7,12-13,16-19,21-22H2,(H2,41,53)(H,44,51)(H,47,52)(H,48,56)(H,49,55)(H,50,54)(H4,42,43,45)/t30-,31?,32+,33?/m0/s1. The number of aliphatic imine (C=N–C) groups is 1. The van der Waals surface area contributed by atoms with Crippen LogP contribution in [0.5, 0.6) is 0 Å². The van der Waals surface area contributed by atoms with Crippen molar-refractivity contribution in [3.63, 3.8) is 0 Å². The van der Waals surface area contributed by atoms with Crippen LogP contribution in [0.2, 0.25) is 0 Å². The topological polar surface area (TPSA) is 269 Å². The van der Waals surface area contributed by atoms with E-state index in [1.165, 1.54) is 0 Å². The molecule has 4 atom stereocenters. The Hall–Kier alpha value is -6.45. The molecule has 56 heavy (non-hydrogen) atoms. The molecule has 2 unspecified atom stereocenters. The van der Waals surface area contributed by atoms with Gasteiger partial charge in [0.25, 0.3) is 0 Å². The maximum Gasteiger partial charge on any atom is 0.243 e. The zero-order valence-electron chi connectivity index (χ0n) is 31.1. The second-order valence-corrected chi connectivity index (χ2v) is 13.9. The number of rotatable bonds is 9. The number of fused-ring (bicyclic) bond motifs is 2. The molecule has 1 aromatic heterocycles. The number of nitrogens with zero attached hydrogens (tertiary/aromatic N) is 1. The molecule has 16 heteroatoms. The van der Waals surface area contributed by atoms with Crippen LogP contribution < -0.4 is 43.8 Å². The third-order valence-electron chi connectivity index (χ3n) is 9.70. The van der Waals surface area contributed by atoms with Gasteiger partial charge in [-0.3, -0.25) is 33.8 Å². The van der Waals surface area contributed by atoms with Gasteiger partial charge in [-0.1, -0.05) is 60.7 Å². The number of guanidine groups is 1. The first-order valence-electron chi connectivity index (χ1n) is 18.8. The monoisotopic (exact) mass is 766 g/mol. The highest BCUT2D eigenvalue weighted by Gasteiger charge is 2.32. The van der Waals surface area contributed by atoms with Gasteiger partial charge in [-0.2, -0.15) is 0 Å². The van der Waals surface area contributed by atoms with E-state index in [-0.39, 0.29) is 69.9 Å². The van der Waals surface area contributed by atoms with Crippen LogP contribution >= 0.6 is 0 Å². The number of carbonyl (C=O) groups is 6. The molecule has 6 amide bonds. The first-order valence-corrected chi connectivity index (χ1v) is 18.8. The van der Waals surface area contributed by atoms with E-state index in [0.29, 0.717) is 12.8 Å². The molecular weight excluding hydrogens is 717 g/mol. The van der Waals surface area contributed by atoms with Crippen molar-refractivity contribution in [2.75, 3.05) is 13.1 Å². The summed E-state index contributed by atoms with van der Waals surface area (Å²) in [5.74, 6) is -3.76. The number of carbonyl (C=O) groups excluding carboxylic acids is 6. The van der Waals surface area contributed by atoms with Gasteiger partial charge < -0.3 is 48.8 Å². The summed E-state index contributed by atoms with van der Waals surface area (Å²) in [6.07, 6.45) is 3.00. The van der Waals surface area contributed by atoms with E-state index in [1.54, 1.807) is 6.20 Å². The van der Waals surface area contributed by atoms with Crippen LogP contribution in [0.4, 0.5) is 0 Å². The summed E-state index contributed by atoms with van der Waals surface area (Å²) in [5.41, 5.74) is 19.0. The molecule has 2 heterocycles. The van der Waals surface area contributed by atoms with Gasteiger partial charge in [0.1, 0.15) is 24.2 Å². The first-order chi connectivity index (χ1) is 27.0. The second kappa shape index (κ2) is 19.8. The predicted octanol–water partition coefficient (Wildman–Crippen LogP) is 0.665. The molecule has 5 rings (SSSR count). The van der Waals surface area contributed by atoms with E-state index in [2.05, 4.69) is 36.6 Å². The van der Waals surface area contributed by atoms with Crippen LogP contribution in [-0.2, 0) is 41.6 Å². The van der Waals surface area contributed by atoms with Gasteiger partial charge in [-0.05, 0) is 60.1 Å². The highest BCUT2D eigenvalue weighted by Crippen LogP contribution is 2.20. The number of para-hydroxylation sites is 1. The van der Waals surface area contributed by atoms with Crippen molar-refractivity contribution in [2.45, 2.75) is 82.0 Å². The lowest BCUT2D eigenvalue weighted by molar-refractivity contribution is -0.134. The van der Waals surface area contributed by atoms with Crippen molar-refractivity contribution in [1.82, 2.24) is 31.6 Å². The molecule has 1 aliphatic heterocycles. The van der Waals surface area contributed by atoms with E-state index in [1.807, 2.05) is 66.7 Å². The minimum atomic E-state index is -1.20. The number of hydrogen-bond acceptors (Lipinski definition) is 7. The third-order valence-corrected chi connectivity index (χ3v) is 9.70. The van der Waals surface area contributed by atoms with Crippen molar-refractivity contribution in [3.8, 4) is 0 Å². The summed E-state index contributed by atoms with van der Waals surface area (Å²) in [7, 11) is 0. The summed E-state index contributed by atoms with van der Waals surface area (Å²) in [6, 6.07) is 16.3. The second-order valence-electron chi connectivity index (χ2n) is 13.9. The summed E-state index contributed by atoms with van der Waals surface area (Å²) in [5, 5.41) is 16.6. The van der Waals surface area contributed by atoms with Crippen molar-refractivity contribution in [1.29, 1.82) is 0 Å². The third kappa shape index (κ3) is 11.8. The number of primary amides is 1. The van der Waals surface area contributed by atoms with E-state index in [9.17, 15) is 28.8 Å². The summed E-state index contributed by atoms with van der Waals surface area (Å²) < 4.78 is 0. The summed E-state index contributed by atoms with van der Waals surface area (Å²) in [6.45, 7) is 0.428. The molecule has 4 aromatic rings. The fourth-order valence-corrected chi connectivity index (χ4v) is 6.70. The maximum absolute atomic E-state index is 14.2. The molecule has 0 bridgehead atoms. The number of amides is 6. The first kappa shape index (κ1) is 40.7. The number of nitrogens with two attached hydrogens (primary N) is 3. The minimum Gasteiger partial charge on any atom is -0.370 e. The molecule has 0 saturated carbocycles. The molecule has 0 spiro atoms. The average molecular weight is 767 g/mol. The van der Waals surface area contributed by atoms with Crippen LogP contribution in [0.15, 0.2) is 77.9 Å².